The molecule has 2 aromatic rings. The van der Waals surface area contributed by atoms with Crippen LogP contribution in [0.1, 0.15) is 55.8 Å². The van der Waals surface area contributed by atoms with Crippen molar-refractivity contribution in [2.75, 3.05) is 36.4 Å². The van der Waals surface area contributed by atoms with Gasteiger partial charge in [-0.15, -0.1) is 0 Å². The van der Waals surface area contributed by atoms with Crippen LogP contribution in [0.2, 0.25) is 0 Å². The van der Waals surface area contributed by atoms with Crippen molar-refractivity contribution in [2.24, 2.45) is 0 Å². The summed E-state index contributed by atoms with van der Waals surface area (Å²) in [5, 5.41) is 2.95. The number of nitrogens with zero attached hydrogens (tertiary/aromatic N) is 3. The maximum absolute atomic E-state index is 12.4. The minimum Gasteiger partial charge on any atom is -0.357 e. The molecule has 0 atom stereocenters. The molecule has 6 nitrogen and oxygen atoms in total. The predicted octanol–water partition coefficient (Wildman–Crippen LogP) is 5.12. The standard InChI is InChI=1S/C16H24N4O.C8H7FO/c21-16(20-11-5-2-6-12-20)18-14-7-8-15(17-13-14)19-9-3-1-4-10-19;1-6(10)7-3-2-4-8(9)5-7/h7-8,13H,1-6,9-12H2,(H,18,21);2-5H,1H3. The first-order chi connectivity index (χ1) is 15.0. The van der Waals surface area contributed by atoms with Crippen LogP contribution < -0.4 is 10.2 Å². The SMILES string of the molecule is CC(=O)c1cccc(F)c1.O=C(Nc1ccc(N2CCCCC2)nc1)N1CCCCC1. The molecule has 166 valence electrons. The van der Waals surface area contributed by atoms with Gasteiger partial charge in [0.25, 0.3) is 0 Å². The lowest BCUT2D eigenvalue weighted by atomic mass is 10.1. The number of nitrogens with one attached hydrogen (secondary N) is 1. The third-order valence-electron chi connectivity index (χ3n) is 5.55. The molecule has 0 saturated carbocycles. The van der Waals surface area contributed by atoms with Crippen LogP contribution in [0.5, 0.6) is 0 Å². The van der Waals surface area contributed by atoms with Gasteiger partial charge < -0.3 is 15.1 Å². The van der Waals surface area contributed by atoms with E-state index in [4.69, 9.17) is 0 Å². The van der Waals surface area contributed by atoms with Crippen molar-refractivity contribution in [3.05, 3.63) is 54.0 Å². The minimum atomic E-state index is -0.368. The third kappa shape index (κ3) is 7.05. The highest BCUT2D eigenvalue weighted by molar-refractivity contribution is 5.93. The van der Waals surface area contributed by atoms with Gasteiger partial charge in [-0.1, -0.05) is 12.1 Å². The summed E-state index contributed by atoms with van der Waals surface area (Å²) in [4.78, 5) is 31.5. The Balaban J connectivity index is 0.000000229. The topological polar surface area (TPSA) is 65.5 Å². The Morgan fingerprint density at radius 3 is 2.16 bits per heavy atom. The van der Waals surface area contributed by atoms with Gasteiger partial charge in [0.15, 0.2) is 5.78 Å². The van der Waals surface area contributed by atoms with Gasteiger partial charge in [0, 0.05) is 31.7 Å². The van der Waals surface area contributed by atoms with Crippen LogP contribution in [0.4, 0.5) is 20.7 Å². The number of hydrogen-bond acceptors (Lipinski definition) is 4. The number of halogens is 1. The number of hydrogen-bond donors (Lipinski definition) is 1. The summed E-state index contributed by atoms with van der Waals surface area (Å²) in [5.74, 6) is 0.540. The van der Waals surface area contributed by atoms with E-state index < -0.39 is 0 Å². The van der Waals surface area contributed by atoms with E-state index in [-0.39, 0.29) is 17.6 Å². The van der Waals surface area contributed by atoms with Gasteiger partial charge in [0.05, 0.1) is 11.9 Å². The second kappa shape index (κ2) is 11.4. The fourth-order valence-corrected chi connectivity index (χ4v) is 3.78. The molecule has 4 rings (SSSR count). The molecule has 0 unspecified atom stereocenters. The zero-order chi connectivity index (χ0) is 22.1. The number of piperidine rings is 2. The number of Topliss-reactive ketones (excluding diaryl/α,β-unsaturated/α-hetero) is 1. The van der Waals surface area contributed by atoms with E-state index in [1.54, 1.807) is 12.3 Å². The Kier molecular flexibility index (Phi) is 8.38. The van der Waals surface area contributed by atoms with Crippen molar-refractivity contribution < 1.29 is 14.0 Å². The molecule has 0 aliphatic carbocycles. The first-order valence-corrected chi connectivity index (χ1v) is 11.1. The van der Waals surface area contributed by atoms with Crippen molar-refractivity contribution >= 4 is 23.3 Å². The maximum atomic E-state index is 12.4. The molecule has 31 heavy (non-hydrogen) atoms. The van der Waals surface area contributed by atoms with Crippen molar-refractivity contribution in [2.45, 2.75) is 45.4 Å². The zero-order valence-corrected chi connectivity index (χ0v) is 18.1. The zero-order valence-electron chi connectivity index (χ0n) is 18.1. The van der Waals surface area contributed by atoms with Crippen LogP contribution in [0.3, 0.4) is 0 Å². The summed E-state index contributed by atoms with van der Waals surface area (Å²) in [6.07, 6.45) is 9.03. The lowest BCUT2D eigenvalue weighted by Crippen LogP contribution is -2.38. The monoisotopic (exact) mass is 426 g/mol. The Hall–Kier alpha value is -2.96. The Morgan fingerprint density at radius 2 is 1.61 bits per heavy atom. The first kappa shape index (κ1) is 22.7. The number of likely N-dealkylation sites (tertiary alicyclic amines) is 1. The average Bonchev–Trinajstić information content (AvgIpc) is 2.81. The van der Waals surface area contributed by atoms with E-state index >= 15 is 0 Å². The molecule has 2 saturated heterocycles. The number of anilines is 2. The summed E-state index contributed by atoms with van der Waals surface area (Å²) in [5.41, 5.74) is 1.20. The van der Waals surface area contributed by atoms with Gasteiger partial charge in [-0.2, -0.15) is 0 Å². The normalized spacial score (nSPS) is 16.2. The first-order valence-electron chi connectivity index (χ1n) is 11.1. The maximum Gasteiger partial charge on any atom is 0.321 e. The number of urea groups is 1. The van der Waals surface area contributed by atoms with Crippen molar-refractivity contribution in [1.82, 2.24) is 9.88 Å². The number of carbonyl (C=O) groups is 2. The number of benzene rings is 1. The van der Waals surface area contributed by atoms with Gasteiger partial charge in [-0.25, -0.2) is 14.2 Å². The van der Waals surface area contributed by atoms with Gasteiger partial charge >= 0.3 is 6.03 Å². The quantitative estimate of drug-likeness (QED) is 0.692. The minimum absolute atomic E-state index is 0.00206. The second-order valence-electron chi connectivity index (χ2n) is 8.00. The van der Waals surface area contributed by atoms with E-state index in [1.165, 1.54) is 50.8 Å². The number of ketones is 1. The summed E-state index contributed by atoms with van der Waals surface area (Å²) in [7, 11) is 0. The Bertz CT molecular complexity index is 860. The Labute approximate surface area is 183 Å². The molecule has 0 bridgehead atoms. The van der Waals surface area contributed by atoms with Crippen molar-refractivity contribution in [3.63, 3.8) is 0 Å². The van der Waals surface area contributed by atoms with Crippen LogP contribution in [0, 0.1) is 5.82 Å². The largest absolute Gasteiger partial charge is 0.357 e. The molecule has 3 heterocycles. The average molecular weight is 427 g/mol. The van der Waals surface area contributed by atoms with E-state index in [9.17, 15) is 14.0 Å². The molecule has 0 spiro atoms. The number of amides is 2. The number of aromatic nitrogens is 1. The van der Waals surface area contributed by atoms with Crippen molar-refractivity contribution in [1.29, 1.82) is 0 Å². The molecule has 2 amide bonds. The van der Waals surface area contributed by atoms with Gasteiger partial charge in [0.1, 0.15) is 11.6 Å². The highest BCUT2D eigenvalue weighted by atomic mass is 19.1. The van der Waals surface area contributed by atoms with E-state index in [0.717, 1.165) is 50.5 Å². The summed E-state index contributed by atoms with van der Waals surface area (Å²) >= 11 is 0. The molecular formula is C24H31FN4O2. The van der Waals surface area contributed by atoms with Crippen molar-refractivity contribution in [3.8, 4) is 0 Å². The lowest BCUT2D eigenvalue weighted by Gasteiger charge is -2.28. The number of rotatable bonds is 3. The van der Waals surface area contributed by atoms with Gasteiger partial charge in [0.2, 0.25) is 0 Å². The smallest absolute Gasteiger partial charge is 0.321 e. The molecular weight excluding hydrogens is 395 g/mol. The van der Waals surface area contributed by atoms with E-state index in [2.05, 4.69) is 15.2 Å². The molecule has 0 radical (unpaired) electrons. The van der Waals surface area contributed by atoms with Gasteiger partial charge in [-0.3, -0.25) is 4.79 Å². The molecule has 2 aliphatic heterocycles. The second-order valence-corrected chi connectivity index (χ2v) is 8.00. The number of carbonyl (C=O) groups excluding carboxylic acids is 2. The molecule has 1 aromatic heterocycles. The molecule has 2 fully saturated rings. The summed E-state index contributed by atoms with van der Waals surface area (Å²) in [6, 6.07) is 9.62. The summed E-state index contributed by atoms with van der Waals surface area (Å²) in [6.45, 7) is 5.32. The molecule has 7 heteroatoms. The van der Waals surface area contributed by atoms with Crippen LogP contribution in [-0.4, -0.2) is 47.9 Å². The van der Waals surface area contributed by atoms with Crippen LogP contribution in [0.15, 0.2) is 42.6 Å². The van der Waals surface area contributed by atoms with Crippen LogP contribution >= 0.6 is 0 Å². The molecule has 2 aliphatic rings. The van der Waals surface area contributed by atoms with Crippen LogP contribution in [-0.2, 0) is 0 Å². The summed E-state index contributed by atoms with van der Waals surface area (Å²) < 4.78 is 12.4. The van der Waals surface area contributed by atoms with E-state index in [1.807, 2.05) is 17.0 Å². The number of pyridine rings is 1. The molecule has 1 aromatic carbocycles. The fourth-order valence-electron chi connectivity index (χ4n) is 3.78. The highest BCUT2D eigenvalue weighted by Gasteiger charge is 2.17. The van der Waals surface area contributed by atoms with Gasteiger partial charge in [-0.05, 0) is 69.7 Å². The Morgan fingerprint density at radius 1 is 0.935 bits per heavy atom. The third-order valence-corrected chi connectivity index (χ3v) is 5.55. The molecule has 1 N–H and O–H groups in total. The lowest BCUT2D eigenvalue weighted by molar-refractivity contribution is 0.101. The van der Waals surface area contributed by atoms with Crippen LogP contribution in [0.25, 0.3) is 0 Å². The van der Waals surface area contributed by atoms with E-state index in [0.29, 0.717) is 5.56 Å². The predicted molar refractivity (Wildman–Crippen MR) is 121 cm³/mol. The highest BCUT2D eigenvalue weighted by Crippen LogP contribution is 2.19. The fraction of sp³-hybridized carbons (Fsp3) is 0.458.